The Bertz CT molecular complexity index is 635. The monoisotopic (exact) mass is 379 g/mol. The second-order valence-electron chi connectivity index (χ2n) is 5.48. The Morgan fingerprint density at radius 3 is 2.64 bits per heavy atom. The lowest BCUT2D eigenvalue weighted by Gasteiger charge is -2.22. The summed E-state index contributed by atoms with van der Waals surface area (Å²) in [4.78, 5) is 16.5. The molecule has 1 aromatic carbocycles. The number of benzene rings is 1. The minimum Gasteiger partial charge on any atom is -0.335 e. The highest BCUT2D eigenvalue weighted by molar-refractivity contribution is 9.10. The van der Waals surface area contributed by atoms with Crippen molar-refractivity contribution in [1.29, 1.82) is 0 Å². The third kappa shape index (κ3) is 4.08. The summed E-state index contributed by atoms with van der Waals surface area (Å²) in [5, 5.41) is 8.46. The summed E-state index contributed by atoms with van der Waals surface area (Å²) in [7, 11) is 0. The van der Waals surface area contributed by atoms with E-state index >= 15 is 0 Å². The predicted octanol–water partition coefficient (Wildman–Crippen LogP) is 5.03. The third-order valence-electron chi connectivity index (χ3n) is 3.81. The molecule has 1 heterocycles. The molecule has 0 unspecified atom stereocenters. The maximum absolute atomic E-state index is 12.0. The summed E-state index contributed by atoms with van der Waals surface area (Å²) in [6.45, 7) is 0. The van der Waals surface area contributed by atoms with E-state index in [1.54, 1.807) is 0 Å². The third-order valence-corrected chi connectivity index (χ3v) is 5.09. The molecule has 4 nitrogen and oxygen atoms in total. The lowest BCUT2D eigenvalue weighted by atomic mass is 9.96. The van der Waals surface area contributed by atoms with Crippen LogP contribution in [0.5, 0.6) is 0 Å². The van der Waals surface area contributed by atoms with Crippen LogP contribution in [0, 0.1) is 0 Å². The van der Waals surface area contributed by atoms with Crippen LogP contribution in [0.1, 0.15) is 32.1 Å². The maximum Gasteiger partial charge on any atom is 0.321 e. The van der Waals surface area contributed by atoms with E-state index in [1.165, 1.54) is 30.6 Å². The highest BCUT2D eigenvalue weighted by atomic mass is 79.9. The molecule has 0 atom stereocenters. The van der Waals surface area contributed by atoms with Gasteiger partial charge in [-0.3, -0.25) is 5.32 Å². The average molecular weight is 380 g/mol. The predicted molar refractivity (Wildman–Crippen MR) is 94.3 cm³/mol. The first-order valence-electron chi connectivity index (χ1n) is 7.50. The number of carbonyl (C=O) groups is 1. The summed E-state index contributed by atoms with van der Waals surface area (Å²) in [5.74, 6) is 0. The molecule has 0 spiro atoms. The molecule has 0 bridgehead atoms. The molecular weight excluding hydrogens is 362 g/mol. The summed E-state index contributed by atoms with van der Waals surface area (Å²) in [6.07, 6.45) is 5.85. The van der Waals surface area contributed by atoms with Gasteiger partial charge >= 0.3 is 6.03 Å². The molecule has 0 radical (unpaired) electrons. The maximum atomic E-state index is 12.0. The van der Waals surface area contributed by atoms with Gasteiger partial charge in [0.05, 0.1) is 5.69 Å². The number of aromatic nitrogens is 1. The van der Waals surface area contributed by atoms with Crippen LogP contribution in [-0.2, 0) is 0 Å². The topological polar surface area (TPSA) is 54.0 Å². The van der Waals surface area contributed by atoms with Gasteiger partial charge < -0.3 is 5.32 Å². The summed E-state index contributed by atoms with van der Waals surface area (Å²) in [5.41, 5.74) is 1.92. The number of rotatable bonds is 3. The first-order valence-corrected chi connectivity index (χ1v) is 9.17. The molecule has 0 saturated heterocycles. The number of anilines is 1. The number of amides is 2. The van der Waals surface area contributed by atoms with E-state index in [-0.39, 0.29) is 6.03 Å². The Morgan fingerprint density at radius 2 is 1.91 bits per heavy atom. The lowest BCUT2D eigenvalue weighted by Crippen LogP contribution is -2.38. The van der Waals surface area contributed by atoms with Crippen LogP contribution in [-0.4, -0.2) is 17.1 Å². The Morgan fingerprint density at radius 1 is 1.18 bits per heavy atom. The second-order valence-corrected chi connectivity index (χ2v) is 7.25. The van der Waals surface area contributed by atoms with Gasteiger partial charge in [-0.2, -0.15) is 0 Å². The molecule has 1 saturated carbocycles. The van der Waals surface area contributed by atoms with Crippen molar-refractivity contribution in [3.8, 4) is 11.3 Å². The van der Waals surface area contributed by atoms with Crippen molar-refractivity contribution in [2.75, 3.05) is 5.32 Å². The van der Waals surface area contributed by atoms with Crippen LogP contribution in [0.3, 0.4) is 0 Å². The van der Waals surface area contributed by atoms with Crippen LogP contribution in [0.25, 0.3) is 11.3 Å². The summed E-state index contributed by atoms with van der Waals surface area (Å²) >= 11 is 4.86. The number of halogens is 1. The number of nitrogens with zero attached hydrogens (tertiary/aromatic N) is 1. The molecule has 3 rings (SSSR count). The standard InChI is InChI=1S/C16H18BrN3OS/c17-12-8-6-11(7-9-12)14-10-22-16(19-14)20-15(21)18-13-4-2-1-3-5-13/h6-10,13H,1-5H2,(H2,18,19,20,21). The molecule has 0 aliphatic heterocycles. The largest absolute Gasteiger partial charge is 0.335 e. The van der Waals surface area contributed by atoms with Gasteiger partial charge in [0.1, 0.15) is 0 Å². The Balaban J connectivity index is 1.59. The zero-order valence-electron chi connectivity index (χ0n) is 12.1. The summed E-state index contributed by atoms with van der Waals surface area (Å²) < 4.78 is 1.04. The van der Waals surface area contributed by atoms with Crippen LogP contribution >= 0.6 is 27.3 Å². The Labute approximate surface area is 142 Å². The normalized spacial score (nSPS) is 15.5. The van der Waals surface area contributed by atoms with E-state index in [0.717, 1.165) is 28.6 Å². The SMILES string of the molecule is O=C(Nc1nc(-c2ccc(Br)cc2)cs1)NC1CCCCC1. The van der Waals surface area contributed by atoms with Crippen LogP contribution in [0.15, 0.2) is 34.1 Å². The minimum absolute atomic E-state index is 0.149. The van der Waals surface area contributed by atoms with Gasteiger partial charge in [0.25, 0.3) is 0 Å². The molecule has 2 N–H and O–H groups in total. The fourth-order valence-corrected chi connectivity index (χ4v) is 3.63. The van der Waals surface area contributed by atoms with Gasteiger partial charge in [-0.25, -0.2) is 9.78 Å². The highest BCUT2D eigenvalue weighted by Gasteiger charge is 2.16. The first-order chi connectivity index (χ1) is 10.7. The van der Waals surface area contributed by atoms with Gasteiger partial charge in [0, 0.05) is 21.5 Å². The number of hydrogen-bond acceptors (Lipinski definition) is 3. The van der Waals surface area contributed by atoms with Crippen molar-refractivity contribution in [3.63, 3.8) is 0 Å². The summed E-state index contributed by atoms with van der Waals surface area (Å²) in [6, 6.07) is 8.13. The van der Waals surface area contributed by atoms with E-state index in [2.05, 4.69) is 31.5 Å². The molecule has 2 amide bonds. The van der Waals surface area contributed by atoms with E-state index in [0.29, 0.717) is 11.2 Å². The number of hydrogen-bond donors (Lipinski definition) is 2. The zero-order valence-corrected chi connectivity index (χ0v) is 14.5. The van der Waals surface area contributed by atoms with Crippen molar-refractivity contribution < 1.29 is 4.79 Å². The lowest BCUT2D eigenvalue weighted by molar-refractivity contribution is 0.244. The Hall–Kier alpha value is -1.40. The van der Waals surface area contributed by atoms with Gasteiger partial charge in [-0.15, -0.1) is 11.3 Å². The fourth-order valence-electron chi connectivity index (χ4n) is 2.65. The molecule has 116 valence electrons. The van der Waals surface area contributed by atoms with E-state index < -0.39 is 0 Å². The molecule has 1 aromatic heterocycles. The quantitative estimate of drug-likeness (QED) is 0.785. The second kappa shape index (κ2) is 7.24. The molecule has 1 fully saturated rings. The van der Waals surface area contributed by atoms with Crippen LogP contribution in [0.2, 0.25) is 0 Å². The van der Waals surface area contributed by atoms with E-state index in [1.807, 2.05) is 29.6 Å². The van der Waals surface area contributed by atoms with Crippen molar-refractivity contribution in [2.24, 2.45) is 0 Å². The molecule has 1 aliphatic carbocycles. The van der Waals surface area contributed by atoms with Gasteiger partial charge in [-0.1, -0.05) is 47.3 Å². The first kappa shape index (κ1) is 15.5. The van der Waals surface area contributed by atoms with E-state index in [9.17, 15) is 4.79 Å². The molecule has 22 heavy (non-hydrogen) atoms. The number of urea groups is 1. The molecular formula is C16H18BrN3OS. The highest BCUT2D eigenvalue weighted by Crippen LogP contribution is 2.26. The van der Waals surface area contributed by atoms with E-state index in [4.69, 9.17) is 0 Å². The fraction of sp³-hybridized carbons (Fsp3) is 0.375. The molecule has 2 aromatic rings. The van der Waals surface area contributed by atoms with Crippen molar-refractivity contribution in [3.05, 3.63) is 34.1 Å². The molecule has 1 aliphatic rings. The van der Waals surface area contributed by atoms with Crippen molar-refractivity contribution in [2.45, 2.75) is 38.1 Å². The molecule has 6 heteroatoms. The van der Waals surface area contributed by atoms with Gasteiger partial charge in [-0.05, 0) is 25.0 Å². The van der Waals surface area contributed by atoms with Crippen molar-refractivity contribution in [1.82, 2.24) is 10.3 Å². The smallest absolute Gasteiger partial charge is 0.321 e. The number of thiazole rings is 1. The zero-order chi connectivity index (χ0) is 15.4. The number of nitrogens with one attached hydrogen (secondary N) is 2. The number of carbonyl (C=O) groups excluding carboxylic acids is 1. The van der Waals surface area contributed by atoms with Crippen molar-refractivity contribution >= 4 is 38.4 Å². The van der Waals surface area contributed by atoms with Crippen LogP contribution in [0.4, 0.5) is 9.93 Å². The Kier molecular flexibility index (Phi) is 5.10. The van der Waals surface area contributed by atoms with Gasteiger partial charge in [0.15, 0.2) is 5.13 Å². The van der Waals surface area contributed by atoms with Gasteiger partial charge in [0.2, 0.25) is 0 Å². The minimum atomic E-state index is -0.149. The average Bonchev–Trinajstić information content (AvgIpc) is 2.97. The van der Waals surface area contributed by atoms with Crippen LogP contribution < -0.4 is 10.6 Å².